The Morgan fingerprint density at radius 2 is 1.76 bits per heavy atom. The highest BCUT2D eigenvalue weighted by Gasteiger charge is 2.24. The van der Waals surface area contributed by atoms with E-state index in [0.717, 1.165) is 62.4 Å². The van der Waals surface area contributed by atoms with Crippen LogP contribution in [0.3, 0.4) is 0 Å². The van der Waals surface area contributed by atoms with Crippen molar-refractivity contribution < 1.29 is 4.79 Å². The first-order valence-corrected chi connectivity index (χ1v) is 11.3. The first-order valence-electron chi connectivity index (χ1n) is 11.3. The molecule has 4 rings (SSSR count). The Kier molecular flexibility index (Phi) is 6.33. The maximum absolute atomic E-state index is 12.9. The van der Waals surface area contributed by atoms with Gasteiger partial charge < -0.3 is 15.1 Å². The average Bonchev–Trinajstić information content (AvgIpc) is 3.05. The number of carbonyl (C=O) groups excluding carboxylic acids is 1. The van der Waals surface area contributed by atoms with Crippen molar-refractivity contribution in [2.24, 2.45) is 7.05 Å². The molecule has 0 radical (unpaired) electrons. The van der Waals surface area contributed by atoms with Crippen molar-refractivity contribution in [2.75, 3.05) is 37.6 Å². The van der Waals surface area contributed by atoms with Crippen LogP contribution in [0, 0.1) is 0 Å². The van der Waals surface area contributed by atoms with Gasteiger partial charge in [-0.15, -0.1) is 0 Å². The summed E-state index contributed by atoms with van der Waals surface area (Å²) >= 11 is 0. The van der Waals surface area contributed by atoms with E-state index in [9.17, 15) is 4.79 Å². The van der Waals surface area contributed by atoms with Crippen molar-refractivity contribution in [1.82, 2.24) is 25.0 Å². The highest BCUT2D eigenvalue weighted by molar-refractivity contribution is 6.04. The van der Waals surface area contributed by atoms with Gasteiger partial charge in [-0.3, -0.25) is 4.79 Å². The molecule has 7 heteroatoms. The van der Waals surface area contributed by atoms with Gasteiger partial charge in [-0.25, -0.2) is 9.67 Å². The zero-order chi connectivity index (χ0) is 20.2. The van der Waals surface area contributed by atoms with E-state index in [0.29, 0.717) is 5.69 Å². The Morgan fingerprint density at radius 1 is 1.07 bits per heavy atom. The molecule has 29 heavy (non-hydrogen) atoms. The van der Waals surface area contributed by atoms with E-state index < -0.39 is 0 Å². The highest BCUT2D eigenvalue weighted by atomic mass is 16.2. The van der Waals surface area contributed by atoms with Crippen molar-refractivity contribution in [2.45, 2.75) is 57.9 Å². The van der Waals surface area contributed by atoms with Crippen molar-refractivity contribution in [3.05, 3.63) is 17.8 Å². The van der Waals surface area contributed by atoms with Gasteiger partial charge >= 0.3 is 0 Å². The SMILES string of the molecule is CCN1CCC(NC(=O)c2nn(C)c3nc(N4CCCCCCC4)ccc23)CC1. The molecule has 7 nitrogen and oxygen atoms in total. The fourth-order valence-corrected chi connectivity index (χ4v) is 4.59. The van der Waals surface area contributed by atoms with E-state index in [1.54, 1.807) is 4.68 Å². The van der Waals surface area contributed by atoms with Gasteiger partial charge in [0.15, 0.2) is 11.3 Å². The lowest BCUT2D eigenvalue weighted by molar-refractivity contribution is 0.0908. The van der Waals surface area contributed by atoms with Crippen LogP contribution < -0.4 is 10.2 Å². The zero-order valence-electron chi connectivity index (χ0n) is 17.9. The highest BCUT2D eigenvalue weighted by Crippen LogP contribution is 2.23. The minimum absolute atomic E-state index is 0.0774. The van der Waals surface area contributed by atoms with Gasteiger partial charge in [0.2, 0.25) is 0 Å². The van der Waals surface area contributed by atoms with Crippen molar-refractivity contribution in [3.63, 3.8) is 0 Å². The molecule has 0 unspecified atom stereocenters. The molecule has 0 spiro atoms. The number of nitrogens with zero attached hydrogens (tertiary/aromatic N) is 5. The number of pyridine rings is 1. The van der Waals surface area contributed by atoms with Crippen LogP contribution in [0.5, 0.6) is 0 Å². The maximum Gasteiger partial charge on any atom is 0.272 e. The van der Waals surface area contributed by atoms with Crippen LogP contribution in [0.2, 0.25) is 0 Å². The number of piperidine rings is 1. The molecule has 0 saturated carbocycles. The molecule has 0 aromatic carbocycles. The molecule has 2 aliphatic heterocycles. The number of fused-ring (bicyclic) bond motifs is 1. The van der Waals surface area contributed by atoms with Crippen LogP contribution in [0.15, 0.2) is 12.1 Å². The zero-order valence-corrected chi connectivity index (χ0v) is 17.9. The molecule has 4 heterocycles. The lowest BCUT2D eigenvalue weighted by Crippen LogP contribution is -2.44. The largest absolute Gasteiger partial charge is 0.357 e. The molecule has 0 atom stereocenters. The van der Waals surface area contributed by atoms with E-state index in [2.05, 4.69) is 33.2 Å². The second-order valence-electron chi connectivity index (χ2n) is 8.45. The Hall–Kier alpha value is -2.15. The van der Waals surface area contributed by atoms with E-state index in [-0.39, 0.29) is 11.9 Å². The summed E-state index contributed by atoms with van der Waals surface area (Å²) in [5, 5.41) is 8.56. The number of hydrogen-bond acceptors (Lipinski definition) is 5. The molecular formula is C22H34N6O. The van der Waals surface area contributed by atoms with Crippen LogP contribution in [-0.4, -0.2) is 64.3 Å². The van der Waals surface area contributed by atoms with E-state index in [4.69, 9.17) is 4.98 Å². The lowest BCUT2D eigenvalue weighted by Gasteiger charge is -2.31. The predicted molar refractivity (Wildman–Crippen MR) is 116 cm³/mol. The van der Waals surface area contributed by atoms with Gasteiger partial charge in [-0.05, 0) is 44.4 Å². The summed E-state index contributed by atoms with van der Waals surface area (Å²) in [5.41, 5.74) is 1.28. The summed E-state index contributed by atoms with van der Waals surface area (Å²) in [6, 6.07) is 4.32. The van der Waals surface area contributed by atoms with Crippen LogP contribution in [0.25, 0.3) is 11.0 Å². The molecule has 2 aromatic rings. The summed E-state index contributed by atoms with van der Waals surface area (Å²) in [7, 11) is 1.88. The van der Waals surface area contributed by atoms with Crippen molar-refractivity contribution >= 4 is 22.8 Å². The third kappa shape index (κ3) is 4.55. The molecular weight excluding hydrogens is 364 g/mol. The van der Waals surface area contributed by atoms with E-state index in [1.807, 2.05) is 13.1 Å². The lowest BCUT2D eigenvalue weighted by atomic mass is 10.0. The van der Waals surface area contributed by atoms with Crippen LogP contribution in [0.4, 0.5) is 5.82 Å². The molecule has 0 aliphatic carbocycles. The first kappa shape index (κ1) is 20.1. The van der Waals surface area contributed by atoms with Gasteiger partial charge in [-0.2, -0.15) is 5.10 Å². The Bertz CT molecular complexity index is 831. The van der Waals surface area contributed by atoms with Crippen LogP contribution in [-0.2, 0) is 7.05 Å². The quantitative estimate of drug-likeness (QED) is 0.858. The third-order valence-electron chi connectivity index (χ3n) is 6.44. The first-order chi connectivity index (χ1) is 14.2. The topological polar surface area (TPSA) is 66.3 Å². The van der Waals surface area contributed by atoms with Crippen LogP contribution >= 0.6 is 0 Å². The van der Waals surface area contributed by atoms with Gasteiger partial charge in [0, 0.05) is 39.3 Å². The number of nitrogens with one attached hydrogen (secondary N) is 1. The monoisotopic (exact) mass is 398 g/mol. The number of amides is 1. The third-order valence-corrected chi connectivity index (χ3v) is 6.44. The summed E-state index contributed by atoms with van der Waals surface area (Å²) in [5.74, 6) is 0.924. The van der Waals surface area contributed by atoms with Crippen molar-refractivity contribution in [3.8, 4) is 0 Å². The Balaban J connectivity index is 1.50. The number of aryl methyl sites for hydroxylation is 1. The van der Waals surface area contributed by atoms with Crippen molar-refractivity contribution in [1.29, 1.82) is 0 Å². The number of likely N-dealkylation sites (tertiary alicyclic amines) is 1. The normalized spacial score (nSPS) is 19.9. The second-order valence-corrected chi connectivity index (χ2v) is 8.45. The summed E-state index contributed by atoms with van der Waals surface area (Å²) in [6.45, 7) is 7.47. The summed E-state index contributed by atoms with van der Waals surface area (Å²) in [6.07, 6.45) is 8.38. The molecule has 1 N–H and O–H groups in total. The van der Waals surface area contributed by atoms with E-state index >= 15 is 0 Å². The fourth-order valence-electron chi connectivity index (χ4n) is 4.59. The number of carbonyl (C=O) groups is 1. The number of hydrogen-bond donors (Lipinski definition) is 1. The van der Waals surface area contributed by atoms with Gasteiger partial charge in [0.25, 0.3) is 5.91 Å². The summed E-state index contributed by atoms with van der Waals surface area (Å²) < 4.78 is 1.75. The molecule has 0 bridgehead atoms. The smallest absolute Gasteiger partial charge is 0.272 e. The van der Waals surface area contributed by atoms with E-state index in [1.165, 1.54) is 32.1 Å². The minimum atomic E-state index is -0.0774. The van der Waals surface area contributed by atoms with Gasteiger partial charge in [0.1, 0.15) is 5.82 Å². The minimum Gasteiger partial charge on any atom is -0.357 e. The molecule has 158 valence electrons. The van der Waals surface area contributed by atoms with Gasteiger partial charge in [0.05, 0.1) is 5.39 Å². The van der Waals surface area contributed by atoms with Crippen LogP contribution in [0.1, 0.15) is 62.4 Å². The molecule has 2 saturated heterocycles. The molecule has 2 aliphatic rings. The number of aromatic nitrogens is 3. The maximum atomic E-state index is 12.9. The number of rotatable bonds is 4. The second kappa shape index (κ2) is 9.11. The number of anilines is 1. The van der Waals surface area contributed by atoms with Gasteiger partial charge in [-0.1, -0.05) is 26.2 Å². The Labute approximate surface area is 173 Å². The molecule has 2 aromatic heterocycles. The fraction of sp³-hybridized carbons (Fsp3) is 0.682. The predicted octanol–water partition coefficient (Wildman–Crippen LogP) is 2.95. The summed E-state index contributed by atoms with van der Waals surface area (Å²) in [4.78, 5) is 22.6. The Morgan fingerprint density at radius 3 is 2.45 bits per heavy atom. The molecule has 1 amide bonds. The average molecular weight is 399 g/mol. The standard InChI is InChI=1S/C22H34N6O/c1-3-27-15-11-17(12-16-27)23-22(29)20-18-9-10-19(24-21(18)26(2)25-20)28-13-7-5-4-6-8-14-28/h9-10,17H,3-8,11-16H2,1-2H3,(H,23,29). The molecule has 2 fully saturated rings.